The molecule has 3 aromatic rings. The molecule has 0 radical (unpaired) electrons. The van der Waals surface area contributed by atoms with Gasteiger partial charge in [0, 0.05) is 29.4 Å². The van der Waals surface area contributed by atoms with Crippen LogP contribution in [0.25, 0.3) is 28.2 Å². The SMILES string of the molecule is Cl.O=C(O)C=Cc1cc(-c2ccncc2)nc2ccccc12. The molecule has 0 fully saturated rings. The van der Waals surface area contributed by atoms with Crippen LogP contribution in [0.3, 0.4) is 0 Å². The molecule has 5 heteroatoms. The van der Waals surface area contributed by atoms with Crippen molar-refractivity contribution in [1.82, 2.24) is 9.97 Å². The molecule has 1 N–H and O–H groups in total. The minimum atomic E-state index is -0.971. The van der Waals surface area contributed by atoms with E-state index >= 15 is 0 Å². The largest absolute Gasteiger partial charge is 0.478 e. The number of hydrogen-bond acceptors (Lipinski definition) is 3. The maximum atomic E-state index is 10.8. The lowest BCUT2D eigenvalue weighted by molar-refractivity contribution is -0.131. The van der Waals surface area contributed by atoms with Gasteiger partial charge in [-0.2, -0.15) is 0 Å². The second-order valence-corrected chi connectivity index (χ2v) is 4.52. The maximum Gasteiger partial charge on any atom is 0.328 e. The van der Waals surface area contributed by atoms with E-state index in [1.165, 1.54) is 0 Å². The van der Waals surface area contributed by atoms with Crippen LogP contribution in [-0.4, -0.2) is 21.0 Å². The summed E-state index contributed by atoms with van der Waals surface area (Å²) in [5, 5.41) is 9.75. The molecule has 0 aliphatic carbocycles. The Morgan fingerprint density at radius 3 is 2.55 bits per heavy atom. The summed E-state index contributed by atoms with van der Waals surface area (Å²) in [5.74, 6) is -0.971. The first kappa shape index (κ1) is 15.7. The number of hydrogen-bond donors (Lipinski definition) is 1. The fraction of sp³-hybridized carbons (Fsp3) is 0. The zero-order valence-corrected chi connectivity index (χ0v) is 12.3. The Labute approximate surface area is 133 Å². The summed E-state index contributed by atoms with van der Waals surface area (Å²) in [6.45, 7) is 0. The van der Waals surface area contributed by atoms with Crippen molar-refractivity contribution in [3.8, 4) is 11.3 Å². The molecule has 0 aliphatic rings. The van der Waals surface area contributed by atoms with Gasteiger partial charge in [0.15, 0.2) is 0 Å². The van der Waals surface area contributed by atoms with Gasteiger partial charge >= 0.3 is 5.97 Å². The summed E-state index contributed by atoms with van der Waals surface area (Å²) >= 11 is 0. The molecule has 0 atom stereocenters. The molecular formula is C17H13ClN2O2. The topological polar surface area (TPSA) is 63.1 Å². The van der Waals surface area contributed by atoms with E-state index in [0.29, 0.717) is 0 Å². The Bertz CT molecular complexity index is 832. The van der Waals surface area contributed by atoms with E-state index in [9.17, 15) is 4.79 Å². The third-order valence-electron chi connectivity index (χ3n) is 3.13. The first-order chi connectivity index (χ1) is 10.2. The number of nitrogens with zero attached hydrogens (tertiary/aromatic N) is 2. The standard InChI is InChI=1S/C17H12N2O2.ClH/c20-17(21)6-5-13-11-16(12-7-9-18-10-8-12)19-15-4-2-1-3-14(13)15;/h1-11H,(H,20,21);1H. The zero-order valence-electron chi connectivity index (χ0n) is 11.5. The molecule has 22 heavy (non-hydrogen) atoms. The van der Waals surface area contributed by atoms with E-state index < -0.39 is 5.97 Å². The third-order valence-corrected chi connectivity index (χ3v) is 3.13. The van der Waals surface area contributed by atoms with E-state index in [-0.39, 0.29) is 12.4 Å². The molecule has 110 valence electrons. The van der Waals surface area contributed by atoms with E-state index in [0.717, 1.165) is 33.8 Å². The number of rotatable bonds is 3. The first-order valence-corrected chi connectivity index (χ1v) is 6.45. The second-order valence-electron chi connectivity index (χ2n) is 4.52. The van der Waals surface area contributed by atoms with Gasteiger partial charge in [-0.25, -0.2) is 9.78 Å². The van der Waals surface area contributed by atoms with Crippen molar-refractivity contribution in [3.05, 3.63) is 66.5 Å². The first-order valence-electron chi connectivity index (χ1n) is 6.45. The second kappa shape index (κ2) is 6.83. The van der Waals surface area contributed by atoms with Gasteiger partial charge in [-0.05, 0) is 35.9 Å². The number of carboxylic acid groups (broad SMARTS) is 1. The minimum Gasteiger partial charge on any atom is -0.478 e. The fourth-order valence-electron chi connectivity index (χ4n) is 2.17. The predicted octanol–water partition coefficient (Wildman–Crippen LogP) is 3.82. The summed E-state index contributed by atoms with van der Waals surface area (Å²) in [6.07, 6.45) is 6.15. The van der Waals surface area contributed by atoms with E-state index in [1.807, 2.05) is 42.5 Å². The molecule has 0 aliphatic heterocycles. The monoisotopic (exact) mass is 312 g/mol. The van der Waals surface area contributed by atoms with Gasteiger partial charge in [-0.3, -0.25) is 4.98 Å². The van der Waals surface area contributed by atoms with Crippen LogP contribution >= 0.6 is 12.4 Å². The molecular weight excluding hydrogens is 300 g/mol. The number of benzene rings is 1. The van der Waals surface area contributed by atoms with Crippen LogP contribution in [-0.2, 0) is 4.79 Å². The highest BCUT2D eigenvalue weighted by molar-refractivity contribution is 5.94. The van der Waals surface area contributed by atoms with Crippen molar-refractivity contribution in [1.29, 1.82) is 0 Å². The average molecular weight is 313 g/mol. The number of aromatic nitrogens is 2. The van der Waals surface area contributed by atoms with Crippen LogP contribution in [0.4, 0.5) is 0 Å². The number of carboxylic acids is 1. The molecule has 4 nitrogen and oxygen atoms in total. The summed E-state index contributed by atoms with van der Waals surface area (Å²) in [6, 6.07) is 13.3. The molecule has 3 rings (SSSR count). The van der Waals surface area contributed by atoms with Gasteiger partial charge in [0.2, 0.25) is 0 Å². The van der Waals surface area contributed by atoms with Gasteiger partial charge in [0.05, 0.1) is 11.2 Å². The zero-order chi connectivity index (χ0) is 14.7. The molecule has 0 saturated heterocycles. The number of pyridine rings is 2. The Balaban J connectivity index is 0.00000176. The van der Waals surface area contributed by atoms with Crippen LogP contribution < -0.4 is 0 Å². The highest BCUT2D eigenvalue weighted by Gasteiger charge is 2.05. The smallest absolute Gasteiger partial charge is 0.328 e. The van der Waals surface area contributed by atoms with E-state index in [2.05, 4.69) is 9.97 Å². The highest BCUT2D eigenvalue weighted by atomic mass is 35.5. The third kappa shape index (κ3) is 3.30. The number of carbonyl (C=O) groups is 1. The molecule has 0 spiro atoms. The quantitative estimate of drug-likeness (QED) is 0.747. The highest BCUT2D eigenvalue weighted by Crippen LogP contribution is 2.25. The summed E-state index contributed by atoms with van der Waals surface area (Å²) in [7, 11) is 0. The number of aliphatic carboxylic acids is 1. The molecule has 0 unspecified atom stereocenters. The van der Waals surface area contributed by atoms with Gasteiger partial charge in [0.25, 0.3) is 0 Å². The summed E-state index contributed by atoms with van der Waals surface area (Å²) < 4.78 is 0. The van der Waals surface area contributed by atoms with Crippen molar-refractivity contribution in [2.45, 2.75) is 0 Å². The lowest BCUT2D eigenvalue weighted by atomic mass is 10.0. The van der Waals surface area contributed by atoms with E-state index in [4.69, 9.17) is 5.11 Å². The lowest BCUT2D eigenvalue weighted by Gasteiger charge is -2.06. The lowest BCUT2D eigenvalue weighted by Crippen LogP contribution is -1.90. The van der Waals surface area contributed by atoms with E-state index in [1.54, 1.807) is 18.5 Å². The van der Waals surface area contributed by atoms with Crippen LogP contribution in [0.2, 0.25) is 0 Å². The maximum absolute atomic E-state index is 10.8. The Kier molecular flexibility index (Phi) is 4.86. The number of para-hydroxylation sites is 1. The van der Waals surface area contributed by atoms with Crippen molar-refractivity contribution < 1.29 is 9.90 Å². The van der Waals surface area contributed by atoms with Gasteiger partial charge in [0.1, 0.15) is 0 Å². The average Bonchev–Trinajstić information content (AvgIpc) is 2.53. The van der Waals surface area contributed by atoms with Crippen molar-refractivity contribution in [2.24, 2.45) is 0 Å². The molecule has 0 amide bonds. The van der Waals surface area contributed by atoms with Gasteiger partial charge < -0.3 is 5.11 Å². The Hall–Kier alpha value is -2.72. The molecule has 0 saturated carbocycles. The number of fused-ring (bicyclic) bond motifs is 1. The van der Waals surface area contributed by atoms with Gasteiger partial charge in [-0.1, -0.05) is 18.2 Å². The van der Waals surface area contributed by atoms with Gasteiger partial charge in [-0.15, -0.1) is 12.4 Å². The predicted molar refractivity (Wildman–Crippen MR) is 88.9 cm³/mol. The summed E-state index contributed by atoms with van der Waals surface area (Å²) in [5.41, 5.74) is 3.40. The van der Waals surface area contributed by atoms with Crippen molar-refractivity contribution in [3.63, 3.8) is 0 Å². The van der Waals surface area contributed by atoms with Crippen molar-refractivity contribution >= 4 is 35.4 Å². The molecule has 1 aromatic carbocycles. The van der Waals surface area contributed by atoms with Crippen molar-refractivity contribution in [2.75, 3.05) is 0 Å². The molecule has 2 aromatic heterocycles. The Morgan fingerprint density at radius 1 is 1.09 bits per heavy atom. The van der Waals surface area contributed by atoms with Crippen LogP contribution in [0.15, 0.2) is 60.9 Å². The number of halogens is 1. The summed E-state index contributed by atoms with van der Waals surface area (Å²) in [4.78, 5) is 19.4. The normalized spacial score (nSPS) is 10.5. The van der Waals surface area contributed by atoms with Crippen LogP contribution in [0.5, 0.6) is 0 Å². The van der Waals surface area contributed by atoms with Crippen LogP contribution in [0, 0.1) is 0 Å². The fourth-order valence-corrected chi connectivity index (χ4v) is 2.17. The minimum absolute atomic E-state index is 0. The van der Waals surface area contributed by atoms with Crippen LogP contribution in [0.1, 0.15) is 5.56 Å². The molecule has 0 bridgehead atoms. The molecule has 2 heterocycles. The Morgan fingerprint density at radius 2 is 1.82 bits per heavy atom.